The zero-order valence-electron chi connectivity index (χ0n) is 15.0. The number of carbonyl (C=O) groups is 1. The molecule has 138 valence electrons. The standard InChI is InChI=1S/C16H20N6O4/c1-9-5-18-12(10(2)14(9)26-4)7-22(8-13(23)25-3)15-11(21-24)6-19-16(17)20-15/h5-6H,7-8H2,1-4H3,(H2,17,19,20). The number of carbonyl (C=O) groups excluding carboxylic acids is 1. The molecule has 0 radical (unpaired) electrons. The fourth-order valence-electron chi connectivity index (χ4n) is 2.51. The van der Waals surface area contributed by atoms with Gasteiger partial charge in [0.05, 0.1) is 32.7 Å². The van der Waals surface area contributed by atoms with E-state index in [4.69, 9.17) is 15.2 Å². The van der Waals surface area contributed by atoms with Crippen molar-refractivity contribution in [3.63, 3.8) is 0 Å². The molecule has 2 N–H and O–H groups in total. The number of aromatic nitrogens is 3. The molecule has 0 aromatic carbocycles. The van der Waals surface area contributed by atoms with Crippen molar-refractivity contribution < 1.29 is 14.3 Å². The first-order valence-electron chi connectivity index (χ1n) is 7.68. The average Bonchev–Trinajstić information content (AvgIpc) is 2.63. The summed E-state index contributed by atoms with van der Waals surface area (Å²) in [7, 11) is 2.84. The lowest BCUT2D eigenvalue weighted by Gasteiger charge is -2.24. The lowest BCUT2D eigenvalue weighted by atomic mass is 10.1. The summed E-state index contributed by atoms with van der Waals surface area (Å²) in [5.41, 5.74) is 7.92. The van der Waals surface area contributed by atoms with Crippen LogP contribution in [0.1, 0.15) is 16.8 Å². The monoisotopic (exact) mass is 360 g/mol. The van der Waals surface area contributed by atoms with Gasteiger partial charge < -0.3 is 20.1 Å². The molecule has 2 aromatic heterocycles. The van der Waals surface area contributed by atoms with E-state index in [9.17, 15) is 9.70 Å². The zero-order valence-corrected chi connectivity index (χ0v) is 15.0. The highest BCUT2D eigenvalue weighted by Crippen LogP contribution is 2.30. The summed E-state index contributed by atoms with van der Waals surface area (Å²) >= 11 is 0. The largest absolute Gasteiger partial charge is 0.496 e. The first-order chi connectivity index (χ1) is 12.4. The van der Waals surface area contributed by atoms with Gasteiger partial charge in [-0.25, -0.2) is 4.98 Å². The van der Waals surface area contributed by atoms with Crippen molar-refractivity contribution in [2.24, 2.45) is 5.18 Å². The maximum absolute atomic E-state index is 11.8. The smallest absolute Gasteiger partial charge is 0.325 e. The summed E-state index contributed by atoms with van der Waals surface area (Å²) in [6, 6.07) is 0. The number of esters is 1. The number of hydrogen-bond donors (Lipinski definition) is 1. The highest BCUT2D eigenvalue weighted by molar-refractivity contribution is 5.77. The van der Waals surface area contributed by atoms with Gasteiger partial charge in [-0.3, -0.25) is 9.78 Å². The topological polar surface area (TPSA) is 133 Å². The van der Waals surface area contributed by atoms with E-state index in [1.54, 1.807) is 13.3 Å². The van der Waals surface area contributed by atoms with Gasteiger partial charge in [-0.05, 0) is 19.0 Å². The molecule has 0 saturated heterocycles. The Kier molecular flexibility index (Phi) is 5.99. The fraction of sp³-hybridized carbons (Fsp3) is 0.375. The second-order valence-corrected chi connectivity index (χ2v) is 5.51. The number of methoxy groups -OCH3 is 2. The first-order valence-corrected chi connectivity index (χ1v) is 7.68. The summed E-state index contributed by atoms with van der Waals surface area (Å²) in [4.78, 5) is 36.7. The average molecular weight is 360 g/mol. The number of hydrogen-bond acceptors (Lipinski definition) is 10. The molecule has 0 aliphatic rings. The van der Waals surface area contributed by atoms with Gasteiger partial charge in [0.2, 0.25) is 5.95 Å². The number of nitrogens with zero attached hydrogens (tertiary/aromatic N) is 5. The lowest BCUT2D eigenvalue weighted by Crippen LogP contribution is -2.32. The molecule has 10 nitrogen and oxygen atoms in total. The van der Waals surface area contributed by atoms with Crippen LogP contribution in [-0.2, 0) is 16.1 Å². The quantitative estimate of drug-likeness (QED) is 0.578. The van der Waals surface area contributed by atoms with Crippen LogP contribution in [0.5, 0.6) is 5.75 Å². The number of nitroso groups, excluding NO2 is 1. The van der Waals surface area contributed by atoms with Gasteiger partial charge in [0, 0.05) is 17.3 Å². The molecule has 0 saturated carbocycles. The number of nitrogens with two attached hydrogens (primary N) is 1. The van der Waals surface area contributed by atoms with Gasteiger partial charge in [-0.15, -0.1) is 4.91 Å². The Hall–Kier alpha value is -3.30. The molecule has 0 fully saturated rings. The van der Waals surface area contributed by atoms with Gasteiger partial charge in [0.25, 0.3) is 0 Å². The van der Waals surface area contributed by atoms with Crippen LogP contribution in [0.2, 0.25) is 0 Å². The van der Waals surface area contributed by atoms with Crippen LogP contribution in [-0.4, -0.2) is 41.7 Å². The zero-order chi connectivity index (χ0) is 19.3. The van der Waals surface area contributed by atoms with Crippen LogP contribution in [0.15, 0.2) is 17.6 Å². The highest BCUT2D eigenvalue weighted by Gasteiger charge is 2.21. The number of ether oxygens (including phenoxy) is 2. The Balaban J connectivity index is 2.49. The summed E-state index contributed by atoms with van der Waals surface area (Å²) in [5.74, 6) is 0.256. The van der Waals surface area contributed by atoms with Crippen LogP contribution < -0.4 is 15.4 Å². The Morgan fingerprint density at radius 3 is 2.62 bits per heavy atom. The molecular formula is C16H20N6O4. The molecule has 0 amide bonds. The minimum absolute atomic E-state index is 0.0418. The Labute approximate surface area is 150 Å². The molecule has 0 unspecified atom stereocenters. The lowest BCUT2D eigenvalue weighted by molar-refractivity contribution is -0.139. The van der Waals surface area contributed by atoms with Crippen molar-refractivity contribution in [1.82, 2.24) is 15.0 Å². The van der Waals surface area contributed by atoms with E-state index >= 15 is 0 Å². The van der Waals surface area contributed by atoms with Gasteiger partial charge in [-0.1, -0.05) is 0 Å². The second kappa shape index (κ2) is 8.19. The minimum atomic E-state index is -0.518. The van der Waals surface area contributed by atoms with E-state index in [1.807, 2.05) is 13.8 Å². The third-order valence-electron chi connectivity index (χ3n) is 3.80. The molecule has 0 atom stereocenters. The molecule has 10 heteroatoms. The summed E-state index contributed by atoms with van der Waals surface area (Å²) in [6.45, 7) is 3.73. The van der Waals surface area contributed by atoms with Gasteiger partial charge in [0.15, 0.2) is 11.5 Å². The second-order valence-electron chi connectivity index (χ2n) is 5.51. The van der Waals surface area contributed by atoms with Crippen molar-refractivity contribution in [2.45, 2.75) is 20.4 Å². The SMILES string of the molecule is COC(=O)CN(Cc1ncc(C)c(OC)c1C)c1nc(N)ncc1N=O. The van der Waals surface area contributed by atoms with Crippen molar-refractivity contribution in [1.29, 1.82) is 0 Å². The number of nitrogen functional groups attached to an aromatic ring is 1. The van der Waals surface area contributed by atoms with E-state index in [-0.39, 0.29) is 30.5 Å². The molecule has 0 bridgehead atoms. The summed E-state index contributed by atoms with van der Waals surface area (Å²) < 4.78 is 10.1. The predicted octanol–water partition coefficient (Wildman–Crippen LogP) is 1.66. The van der Waals surface area contributed by atoms with E-state index in [1.165, 1.54) is 18.2 Å². The van der Waals surface area contributed by atoms with Gasteiger partial charge in [-0.2, -0.15) is 4.98 Å². The van der Waals surface area contributed by atoms with Crippen molar-refractivity contribution in [3.05, 3.63) is 34.1 Å². The Morgan fingerprint density at radius 2 is 2.00 bits per heavy atom. The highest BCUT2D eigenvalue weighted by atomic mass is 16.5. The molecule has 2 aromatic rings. The molecule has 2 heterocycles. The van der Waals surface area contributed by atoms with Gasteiger partial charge in [0.1, 0.15) is 12.3 Å². The summed E-state index contributed by atoms with van der Waals surface area (Å²) in [5, 5.41) is 2.91. The van der Waals surface area contributed by atoms with Gasteiger partial charge >= 0.3 is 5.97 Å². The predicted molar refractivity (Wildman–Crippen MR) is 95.2 cm³/mol. The van der Waals surface area contributed by atoms with Crippen LogP contribution in [0.25, 0.3) is 0 Å². The minimum Gasteiger partial charge on any atom is -0.496 e. The number of anilines is 2. The normalized spacial score (nSPS) is 10.3. The maximum atomic E-state index is 11.8. The molecule has 26 heavy (non-hydrogen) atoms. The van der Waals surface area contributed by atoms with Crippen molar-refractivity contribution in [3.8, 4) is 5.75 Å². The van der Waals surface area contributed by atoms with Crippen LogP contribution in [0, 0.1) is 18.8 Å². The van der Waals surface area contributed by atoms with Crippen LogP contribution >= 0.6 is 0 Å². The maximum Gasteiger partial charge on any atom is 0.325 e. The first kappa shape index (κ1) is 19.0. The molecule has 0 aliphatic heterocycles. The molecular weight excluding hydrogens is 340 g/mol. The molecule has 0 spiro atoms. The number of rotatable bonds is 7. The van der Waals surface area contributed by atoms with Crippen LogP contribution in [0.4, 0.5) is 17.5 Å². The molecule has 0 aliphatic carbocycles. The van der Waals surface area contributed by atoms with Crippen LogP contribution in [0.3, 0.4) is 0 Å². The number of aryl methyl sites for hydroxylation is 1. The third kappa shape index (κ3) is 4.02. The Morgan fingerprint density at radius 1 is 1.27 bits per heavy atom. The van der Waals surface area contributed by atoms with Crippen molar-refractivity contribution in [2.75, 3.05) is 31.4 Å². The van der Waals surface area contributed by atoms with Crippen molar-refractivity contribution >= 4 is 23.4 Å². The van der Waals surface area contributed by atoms with E-state index < -0.39 is 5.97 Å². The number of pyridine rings is 1. The Bertz CT molecular complexity index is 827. The fourth-order valence-corrected chi connectivity index (χ4v) is 2.51. The van der Waals surface area contributed by atoms with E-state index in [0.29, 0.717) is 11.4 Å². The third-order valence-corrected chi connectivity index (χ3v) is 3.80. The molecule has 2 rings (SSSR count). The van der Waals surface area contributed by atoms with E-state index in [2.05, 4.69) is 20.1 Å². The van der Waals surface area contributed by atoms with E-state index in [0.717, 1.165) is 11.1 Å². The summed E-state index contributed by atoms with van der Waals surface area (Å²) in [6.07, 6.45) is 2.87.